The molecule has 6 heteroatoms. The first-order chi connectivity index (χ1) is 14.6. The quantitative estimate of drug-likeness (QED) is 0.655. The lowest BCUT2D eigenvalue weighted by molar-refractivity contribution is -0.131. The number of carbonyl (C=O) groups is 2. The Bertz CT molecular complexity index is 851. The summed E-state index contributed by atoms with van der Waals surface area (Å²) in [6.07, 6.45) is 1.92. The minimum atomic E-state index is -0.00131. The molecule has 1 fully saturated rings. The van der Waals surface area contributed by atoms with Crippen LogP contribution in [0, 0.1) is 6.92 Å². The van der Waals surface area contributed by atoms with Crippen molar-refractivity contribution in [2.45, 2.75) is 26.2 Å². The minimum absolute atomic E-state index is 0.00131. The van der Waals surface area contributed by atoms with E-state index in [-0.39, 0.29) is 11.8 Å². The molecule has 0 radical (unpaired) electrons. The van der Waals surface area contributed by atoms with E-state index in [9.17, 15) is 9.59 Å². The van der Waals surface area contributed by atoms with Gasteiger partial charge in [0, 0.05) is 38.2 Å². The van der Waals surface area contributed by atoms with Crippen molar-refractivity contribution >= 4 is 11.8 Å². The monoisotopic (exact) mass is 410 g/mol. The van der Waals surface area contributed by atoms with Crippen molar-refractivity contribution in [2.75, 3.05) is 39.9 Å². The molecule has 0 saturated carbocycles. The maximum atomic E-state index is 12.8. The molecule has 0 spiro atoms. The lowest BCUT2D eigenvalue weighted by atomic mass is 10.2. The molecule has 30 heavy (non-hydrogen) atoms. The van der Waals surface area contributed by atoms with Crippen LogP contribution in [0.1, 0.15) is 35.2 Å². The second kappa shape index (κ2) is 10.7. The van der Waals surface area contributed by atoms with Crippen molar-refractivity contribution in [1.82, 2.24) is 9.80 Å². The average molecular weight is 411 g/mol. The smallest absolute Gasteiger partial charge is 0.253 e. The Morgan fingerprint density at radius 2 is 1.63 bits per heavy atom. The Morgan fingerprint density at radius 1 is 0.933 bits per heavy atom. The molecule has 0 bridgehead atoms. The summed E-state index contributed by atoms with van der Waals surface area (Å²) in [6.45, 7) is 4.99. The molecule has 2 aromatic carbocycles. The van der Waals surface area contributed by atoms with E-state index in [1.165, 1.54) is 0 Å². The Morgan fingerprint density at radius 3 is 2.37 bits per heavy atom. The maximum Gasteiger partial charge on any atom is 0.253 e. The van der Waals surface area contributed by atoms with Gasteiger partial charge in [-0.1, -0.05) is 18.2 Å². The van der Waals surface area contributed by atoms with Crippen molar-refractivity contribution in [3.05, 3.63) is 59.7 Å². The van der Waals surface area contributed by atoms with Crippen molar-refractivity contribution in [3.8, 4) is 11.5 Å². The van der Waals surface area contributed by atoms with Crippen LogP contribution in [0.5, 0.6) is 11.5 Å². The molecular weight excluding hydrogens is 380 g/mol. The van der Waals surface area contributed by atoms with E-state index in [0.29, 0.717) is 51.2 Å². The predicted octanol–water partition coefficient (Wildman–Crippen LogP) is 3.54. The van der Waals surface area contributed by atoms with Crippen molar-refractivity contribution in [2.24, 2.45) is 0 Å². The highest BCUT2D eigenvalue weighted by Crippen LogP contribution is 2.17. The third-order valence-electron chi connectivity index (χ3n) is 5.36. The molecule has 2 aromatic rings. The number of methoxy groups -OCH3 is 1. The highest BCUT2D eigenvalue weighted by Gasteiger charge is 2.22. The van der Waals surface area contributed by atoms with E-state index in [2.05, 4.69) is 0 Å². The number of nitrogens with zero attached hydrogens (tertiary/aromatic N) is 2. The minimum Gasteiger partial charge on any atom is -0.497 e. The van der Waals surface area contributed by atoms with E-state index in [1.54, 1.807) is 31.4 Å². The van der Waals surface area contributed by atoms with Gasteiger partial charge < -0.3 is 19.3 Å². The fourth-order valence-corrected chi connectivity index (χ4v) is 3.57. The number of benzene rings is 2. The van der Waals surface area contributed by atoms with Crippen LogP contribution >= 0.6 is 0 Å². The first-order valence-electron chi connectivity index (χ1n) is 10.5. The van der Waals surface area contributed by atoms with E-state index in [1.807, 2.05) is 41.0 Å². The lowest BCUT2D eigenvalue weighted by Gasteiger charge is -2.22. The van der Waals surface area contributed by atoms with Crippen LogP contribution in [-0.2, 0) is 4.79 Å². The average Bonchev–Trinajstić information content (AvgIpc) is 3.03. The summed E-state index contributed by atoms with van der Waals surface area (Å²) < 4.78 is 10.9. The Kier molecular flexibility index (Phi) is 7.71. The third kappa shape index (κ3) is 5.75. The van der Waals surface area contributed by atoms with E-state index >= 15 is 0 Å². The van der Waals surface area contributed by atoms with Crippen molar-refractivity contribution < 1.29 is 19.1 Å². The van der Waals surface area contributed by atoms with Crippen LogP contribution in [0.3, 0.4) is 0 Å². The van der Waals surface area contributed by atoms with Crippen LogP contribution in [-0.4, -0.2) is 61.5 Å². The third-order valence-corrected chi connectivity index (χ3v) is 5.36. The molecule has 6 nitrogen and oxygen atoms in total. The number of hydrogen-bond acceptors (Lipinski definition) is 4. The molecule has 1 saturated heterocycles. The van der Waals surface area contributed by atoms with E-state index in [0.717, 1.165) is 23.5 Å². The number of para-hydroxylation sites is 1. The van der Waals surface area contributed by atoms with Gasteiger partial charge in [0.2, 0.25) is 5.91 Å². The molecular formula is C24H30N2O4. The fourth-order valence-electron chi connectivity index (χ4n) is 3.57. The summed E-state index contributed by atoms with van der Waals surface area (Å²) in [5, 5.41) is 0. The van der Waals surface area contributed by atoms with Crippen LogP contribution in [0.25, 0.3) is 0 Å². The first-order valence-corrected chi connectivity index (χ1v) is 10.5. The fraction of sp³-hybridized carbons (Fsp3) is 0.417. The second-order valence-electron chi connectivity index (χ2n) is 7.47. The number of rotatable bonds is 7. The van der Waals surface area contributed by atoms with Crippen LogP contribution in [0.2, 0.25) is 0 Å². The number of carbonyl (C=O) groups excluding carboxylic acids is 2. The van der Waals surface area contributed by atoms with E-state index < -0.39 is 0 Å². The van der Waals surface area contributed by atoms with Crippen LogP contribution in [0.15, 0.2) is 48.5 Å². The Balaban J connectivity index is 1.44. The lowest BCUT2D eigenvalue weighted by Crippen LogP contribution is -2.37. The molecule has 160 valence electrons. The second-order valence-corrected chi connectivity index (χ2v) is 7.47. The maximum absolute atomic E-state index is 12.8. The van der Waals surface area contributed by atoms with E-state index in [4.69, 9.17) is 9.47 Å². The Labute approximate surface area is 178 Å². The first kappa shape index (κ1) is 21.7. The van der Waals surface area contributed by atoms with Gasteiger partial charge in [-0.25, -0.2) is 0 Å². The molecule has 0 aromatic heterocycles. The summed E-state index contributed by atoms with van der Waals surface area (Å²) in [5.41, 5.74) is 1.74. The zero-order valence-corrected chi connectivity index (χ0v) is 17.8. The normalized spacial score (nSPS) is 14.2. The SMILES string of the molecule is COc1ccc(C(=O)N2CCCN(C(=O)CCCOc3ccccc3C)CC2)cc1. The number of hydrogen-bond donors (Lipinski definition) is 0. The molecule has 2 amide bonds. The zero-order valence-electron chi connectivity index (χ0n) is 17.8. The van der Waals surface area contributed by atoms with Gasteiger partial charge in [-0.05, 0) is 55.7 Å². The molecule has 0 aliphatic carbocycles. The summed E-state index contributed by atoms with van der Waals surface area (Å²) in [6, 6.07) is 15.0. The van der Waals surface area contributed by atoms with Gasteiger partial charge in [0.1, 0.15) is 11.5 Å². The van der Waals surface area contributed by atoms with Gasteiger partial charge in [0.15, 0.2) is 0 Å². The summed E-state index contributed by atoms with van der Waals surface area (Å²) in [4.78, 5) is 29.1. The van der Waals surface area contributed by atoms with Gasteiger partial charge in [0.25, 0.3) is 5.91 Å². The van der Waals surface area contributed by atoms with Gasteiger partial charge in [-0.15, -0.1) is 0 Å². The summed E-state index contributed by atoms with van der Waals surface area (Å²) in [7, 11) is 1.60. The molecule has 1 aliphatic heterocycles. The molecule has 0 unspecified atom stereocenters. The molecule has 3 rings (SSSR count). The van der Waals surface area contributed by atoms with Crippen LogP contribution in [0.4, 0.5) is 0 Å². The predicted molar refractivity (Wildman–Crippen MR) is 116 cm³/mol. The highest BCUT2D eigenvalue weighted by molar-refractivity contribution is 5.94. The number of ether oxygens (including phenoxy) is 2. The Hall–Kier alpha value is -3.02. The zero-order chi connectivity index (χ0) is 21.3. The van der Waals surface area contributed by atoms with Crippen LogP contribution < -0.4 is 9.47 Å². The van der Waals surface area contributed by atoms with Gasteiger partial charge >= 0.3 is 0 Å². The van der Waals surface area contributed by atoms with Crippen molar-refractivity contribution in [1.29, 1.82) is 0 Å². The highest BCUT2D eigenvalue weighted by atomic mass is 16.5. The topological polar surface area (TPSA) is 59.1 Å². The standard InChI is InChI=1S/C24H30N2O4/c1-19-7-3-4-8-22(19)30-18-5-9-23(27)25-14-6-15-26(17-16-25)24(28)20-10-12-21(29-2)13-11-20/h3-4,7-8,10-13H,5-6,9,14-18H2,1-2H3. The molecule has 1 heterocycles. The van der Waals surface area contributed by atoms with Crippen molar-refractivity contribution in [3.63, 3.8) is 0 Å². The number of aryl methyl sites for hydroxylation is 1. The van der Waals surface area contributed by atoms with Gasteiger partial charge in [-0.2, -0.15) is 0 Å². The summed E-state index contributed by atoms with van der Waals surface area (Å²) in [5.74, 6) is 1.72. The summed E-state index contributed by atoms with van der Waals surface area (Å²) >= 11 is 0. The molecule has 1 aliphatic rings. The molecule has 0 N–H and O–H groups in total. The largest absolute Gasteiger partial charge is 0.497 e. The van der Waals surface area contributed by atoms with Gasteiger partial charge in [0.05, 0.1) is 13.7 Å². The molecule has 0 atom stereocenters. The van der Waals surface area contributed by atoms with Gasteiger partial charge in [-0.3, -0.25) is 9.59 Å². The number of amides is 2.